The van der Waals surface area contributed by atoms with Crippen molar-refractivity contribution in [3.8, 4) is 0 Å². The molecule has 1 amide bonds. The molecule has 24 heavy (non-hydrogen) atoms. The van der Waals surface area contributed by atoms with Crippen molar-refractivity contribution in [1.82, 2.24) is 0 Å². The number of nitrogens with one attached hydrogen (secondary N) is 1. The molecule has 0 bridgehead atoms. The molecule has 0 saturated heterocycles. The highest BCUT2D eigenvalue weighted by Gasteiger charge is 2.19. The molecule has 0 aromatic heterocycles. The van der Waals surface area contributed by atoms with E-state index in [1.165, 1.54) is 13.0 Å². The molecule has 4 nitrogen and oxygen atoms in total. The summed E-state index contributed by atoms with van der Waals surface area (Å²) in [4.78, 5) is 23.9. The first-order valence-electron chi connectivity index (χ1n) is 7.36. The van der Waals surface area contributed by atoms with Crippen LogP contribution in [0.1, 0.15) is 18.1 Å². The molecule has 0 fully saturated rings. The van der Waals surface area contributed by atoms with Gasteiger partial charge >= 0.3 is 5.97 Å². The number of carbonyl (C=O) groups excluding carboxylic acids is 2. The lowest BCUT2D eigenvalue weighted by Gasteiger charge is -2.14. The van der Waals surface area contributed by atoms with Crippen molar-refractivity contribution in [3.05, 3.63) is 64.4 Å². The third-order valence-corrected chi connectivity index (χ3v) is 3.78. The van der Waals surface area contributed by atoms with Crippen LogP contribution in [0.4, 0.5) is 10.1 Å². The zero-order valence-corrected chi connectivity index (χ0v) is 14.1. The van der Waals surface area contributed by atoms with Gasteiger partial charge in [0.1, 0.15) is 5.82 Å². The summed E-state index contributed by atoms with van der Waals surface area (Å²) in [5.41, 5.74) is 1.40. The number of benzene rings is 2. The van der Waals surface area contributed by atoms with E-state index in [0.29, 0.717) is 21.8 Å². The Bertz CT molecular complexity index is 764. The van der Waals surface area contributed by atoms with E-state index in [0.717, 1.165) is 0 Å². The summed E-state index contributed by atoms with van der Waals surface area (Å²) in [6, 6.07) is 11.2. The van der Waals surface area contributed by atoms with Crippen LogP contribution in [-0.4, -0.2) is 18.0 Å². The number of ether oxygens (including phenoxy) is 1. The van der Waals surface area contributed by atoms with Crippen LogP contribution in [0.3, 0.4) is 0 Å². The van der Waals surface area contributed by atoms with Gasteiger partial charge in [0.25, 0.3) is 5.91 Å². The van der Waals surface area contributed by atoms with Crippen molar-refractivity contribution >= 4 is 29.2 Å². The number of amides is 1. The summed E-state index contributed by atoms with van der Waals surface area (Å²) >= 11 is 5.98. The smallest absolute Gasteiger partial charge is 0.311 e. The predicted octanol–water partition coefficient (Wildman–Crippen LogP) is 3.90. The van der Waals surface area contributed by atoms with Gasteiger partial charge in [0.15, 0.2) is 6.10 Å². The molecule has 1 N–H and O–H groups in total. The van der Waals surface area contributed by atoms with Crippen molar-refractivity contribution in [1.29, 1.82) is 0 Å². The molecule has 6 heteroatoms. The molecule has 126 valence electrons. The van der Waals surface area contributed by atoms with E-state index in [-0.39, 0.29) is 6.42 Å². The fourth-order valence-corrected chi connectivity index (χ4v) is 2.21. The number of esters is 1. The van der Waals surface area contributed by atoms with Gasteiger partial charge in [0.05, 0.1) is 6.42 Å². The minimum absolute atomic E-state index is 0.0313. The summed E-state index contributed by atoms with van der Waals surface area (Å²) < 4.78 is 18.6. The zero-order chi connectivity index (χ0) is 17.7. The second kappa shape index (κ2) is 7.93. The molecular formula is C18H17ClFNO3. The maximum Gasteiger partial charge on any atom is 0.311 e. The van der Waals surface area contributed by atoms with Crippen molar-refractivity contribution in [2.24, 2.45) is 0 Å². The molecule has 2 aromatic rings. The molecule has 2 rings (SSSR count). The highest BCUT2D eigenvalue weighted by atomic mass is 35.5. The molecule has 0 spiro atoms. The van der Waals surface area contributed by atoms with Gasteiger partial charge in [-0.25, -0.2) is 4.39 Å². The fourth-order valence-electron chi connectivity index (χ4n) is 2.00. The highest BCUT2D eigenvalue weighted by molar-refractivity contribution is 6.31. The van der Waals surface area contributed by atoms with E-state index < -0.39 is 23.8 Å². The number of anilines is 1. The Hall–Kier alpha value is -2.40. The third kappa shape index (κ3) is 4.80. The lowest BCUT2D eigenvalue weighted by molar-refractivity contribution is -0.152. The van der Waals surface area contributed by atoms with Gasteiger partial charge in [-0.05, 0) is 43.2 Å². The number of hydrogen-bond acceptors (Lipinski definition) is 3. The van der Waals surface area contributed by atoms with Gasteiger partial charge in [-0.1, -0.05) is 35.9 Å². The second-order valence-corrected chi connectivity index (χ2v) is 5.76. The standard InChI is InChI=1S/C18H17ClFNO3/c1-11-7-8-14(10-16(11)20)21-18(23)12(2)24-17(22)9-13-5-3-4-6-15(13)19/h3-8,10,12H,9H2,1-2H3,(H,21,23)/t12-/m1/s1. The molecule has 0 saturated carbocycles. The molecule has 0 radical (unpaired) electrons. The molecular weight excluding hydrogens is 333 g/mol. The maximum atomic E-state index is 13.5. The first kappa shape index (κ1) is 17.9. The van der Waals surface area contributed by atoms with Crippen LogP contribution in [0.5, 0.6) is 0 Å². The maximum absolute atomic E-state index is 13.5. The van der Waals surface area contributed by atoms with Gasteiger partial charge < -0.3 is 10.1 Å². The third-order valence-electron chi connectivity index (χ3n) is 3.41. The van der Waals surface area contributed by atoms with E-state index in [4.69, 9.17) is 16.3 Å². The number of hydrogen-bond donors (Lipinski definition) is 1. The van der Waals surface area contributed by atoms with Gasteiger partial charge in [-0.2, -0.15) is 0 Å². The Labute approximate surface area is 144 Å². The minimum atomic E-state index is -1.01. The summed E-state index contributed by atoms with van der Waals surface area (Å²) in [7, 11) is 0. The Morgan fingerprint density at radius 2 is 1.96 bits per heavy atom. The molecule has 0 aliphatic carbocycles. The molecule has 0 aliphatic heterocycles. The SMILES string of the molecule is Cc1ccc(NC(=O)[C@@H](C)OC(=O)Cc2ccccc2Cl)cc1F. The summed E-state index contributed by atoms with van der Waals surface area (Å²) in [6.45, 7) is 3.07. The molecule has 2 aromatic carbocycles. The molecule has 0 aliphatic rings. The van der Waals surface area contributed by atoms with E-state index >= 15 is 0 Å². The lowest BCUT2D eigenvalue weighted by atomic mass is 10.1. The van der Waals surface area contributed by atoms with Crippen molar-refractivity contribution < 1.29 is 18.7 Å². The average molecular weight is 350 g/mol. The van der Waals surface area contributed by atoms with Gasteiger partial charge in [0, 0.05) is 10.7 Å². The monoisotopic (exact) mass is 349 g/mol. The van der Waals surface area contributed by atoms with Crippen molar-refractivity contribution in [3.63, 3.8) is 0 Å². The van der Waals surface area contributed by atoms with Crippen LogP contribution in [0.2, 0.25) is 5.02 Å². The number of rotatable bonds is 5. The van der Waals surface area contributed by atoms with Crippen LogP contribution in [0.25, 0.3) is 0 Å². The van der Waals surface area contributed by atoms with Gasteiger partial charge in [0.2, 0.25) is 0 Å². The van der Waals surface area contributed by atoms with Crippen LogP contribution in [0.15, 0.2) is 42.5 Å². The Morgan fingerprint density at radius 1 is 1.25 bits per heavy atom. The first-order chi connectivity index (χ1) is 11.4. The number of halogens is 2. The van der Waals surface area contributed by atoms with Crippen LogP contribution in [-0.2, 0) is 20.7 Å². The zero-order valence-electron chi connectivity index (χ0n) is 13.3. The van der Waals surface area contributed by atoms with E-state index in [2.05, 4.69) is 5.32 Å². The number of carbonyl (C=O) groups is 2. The summed E-state index contributed by atoms with van der Waals surface area (Å²) in [5, 5.41) is 2.97. The average Bonchev–Trinajstić information content (AvgIpc) is 2.53. The molecule has 1 atom stereocenters. The molecule has 0 unspecified atom stereocenters. The number of aryl methyl sites for hydroxylation is 1. The van der Waals surface area contributed by atoms with Crippen molar-refractivity contribution in [2.75, 3.05) is 5.32 Å². The predicted molar refractivity (Wildman–Crippen MR) is 90.5 cm³/mol. The van der Waals surface area contributed by atoms with E-state index in [1.54, 1.807) is 43.3 Å². The fraction of sp³-hybridized carbons (Fsp3) is 0.222. The van der Waals surface area contributed by atoms with Crippen LogP contribution in [0, 0.1) is 12.7 Å². The van der Waals surface area contributed by atoms with E-state index in [1.807, 2.05) is 0 Å². The van der Waals surface area contributed by atoms with E-state index in [9.17, 15) is 14.0 Å². The molecule has 0 heterocycles. The topological polar surface area (TPSA) is 55.4 Å². The van der Waals surface area contributed by atoms with Crippen molar-refractivity contribution in [2.45, 2.75) is 26.4 Å². The largest absolute Gasteiger partial charge is 0.452 e. The van der Waals surface area contributed by atoms with Crippen LogP contribution >= 0.6 is 11.6 Å². The highest BCUT2D eigenvalue weighted by Crippen LogP contribution is 2.17. The Kier molecular flexibility index (Phi) is 5.93. The second-order valence-electron chi connectivity index (χ2n) is 5.35. The quantitative estimate of drug-likeness (QED) is 0.833. The Morgan fingerprint density at radius 3 is 2.62 bits per heavy atom. The van der Waals surface area contributed by atoms with Gasteiger partial charge in [-0.15, -0.1) is 0 Å². The normalized spacial score (nSPS) is 11.7. The first-order valence-corrected chi connectivity index (χ1v) is 7.74. The lowest BCUT2D eigenvalue weighted by Crippen LogP contribution is -2.30. The summed E-state index contributed by atoms with van der Waals surface area (Å²) in [5.74, 6) is -1.53. The van der Waals surface area contributed by atoms with Gasteiger partial charge in [-0.3, -0.25) is 9.59 Å². The van der Waals surface area contributed by atoms with Crippen LogP contribution < -0.4 is 5.32 Å². The Balaban J connectivity index is 1.92. The summed E-state index contributed by atoms with van der Waals surface area (Å²) in [6.07, 6.45) is -1.04. The minimum Gasteiger partial charge on any atom is -0.452 e.